The Kier molecular flexibility index (Phi) is 4.30. The second-order valence-electron chi connectivity index (χ2n) is 8.35. The third-order valence-electron chi connectivity index (χ3n) is 6.46. The molecule has 2 fully saturated rings. The van der Waals surface area contributed by atoms with E-state index in [-0.39, 0.29) is 23.4 Å². The summed E-state index contributed by atoms with van der Waals surface area (Å²) in [6.07, 6.45) is 9.87. The van der Waals surface area contributed by atoms with Crippen LogP contribution in [0.25, 0.3) is 11.0 Å². The molecule has 5 rings (SSSR count). The van der Waals surface area contributed by atoms with E-state index >= 15 is 0 Å². The van der Waals surface area contributed by atoms with Crippen LogP contribution >= 0.6 is 0 Å². The quantitative estimate of drug-likeness (QED) is 0.753. The van der Waals surface area contributed by atoms with E-state index in [0.717, 1.165) is 56.1 Å². The van der Waals surface area contributed by atoms with E-state index in [4.69, 9.17) is 0 Å². The zero-order valence-electron chi connectivity index (χ0n) is 16.0. The van der Waals surface area contributed by atoms with E-state index in [1.807, 2.05) is 6.07 Å². The van der Waals surface area contributed by atoms with Crippen LogP contribution in [0, 0.1) is 0 Å². The highest BCUT2D eigenvalue weighted by atomic mass is 16.2. The highest BCUT2D eigenvalue weighted by Crippen LogP contribution is 2.40. The first kappa shape index (κ1) is 17.6. The second-order valence-corrected chi connectivity index (χ2v) is 8.35. The van der Waals surface area contributed by atoms with Crippen LogP contribution in [0.1, 0.15) is 61.9 Å². The molecule has 1 aliphatic carbocycles. The Balaban J connectivity index is 1.48. The summed E-state index contributed by atoms with van der Waals surface area (Å²) in [5.74, 6) is 0.176. The Morgan fingerprint density at radius 3 is 2.93 bits per heavy atom. The summed E-state index contributed by atoms with van der Waals surface area (Å²) in [4.78, 5) is 33.8. The van der Waals surface area contributed by atoms with Crippen molar-refractivity contribution in [3.63, 3.8) is 0 Å². The van der Waals surface area contributed by atoms with Gasteiger partial charge < -0.3 is 15.2 Å². The summed E-state index contributed by atoms with van der Waals surface area (Å²) in [5.41, 5.74) is 1.28. The SMILES string of the molecule is O=C(C[C@H]1CCCN1)Nc1ncc2cc3n(c2n1)C1(CCCCC1)CNC3=O. The molecule has 0 aromatic carbocycles. The van der Waals surface area contributed by atoms with Crippen molar-refractivity contribution in [3.8, 4) is 0 Å². The van der Waals surface area contributed by atoms with Gasteiger partial charge in [-0.2, -0.15) is 4.98 Å². The lowest BCUT2D eigenvalue weighted by atomic mass is 9.80. The number of aromatic nitrogens is 3. The lowest BCUT2D eigenvalue weighted by Crippen LogP contribution is -2.52. The smallest absolute Gasteiger partial charge is 0.268 e. The number of carbonyl (C=O) groups is 2. The molecule has 3 N–H and O–H groups in total. The highest BCUT2D eigenvalue weighted by molar-refractivity contribution is 5.99. The van der Waals surface area contributed by atoms with Gasteiger partial charge in [-0.15, -0.1) is 0 Å². The van der Waals surface area contributed by atoms with Crippen LogP contribution in [0.4, 0.5) is 5.95 Å². The number of fused-ring (bicyclic) bond motifs is 4. The second kappa shape index (κ2) is 6.84. The Hall–Kier alpha value is -2.48. The fraction of sp³-hybridized carbons (Fsp3) is 0.600. The molecule has 0 bridgehead atoms. The van der Waals surface area contributed by atoms with Crippen molar-refractivity contribution < 1.29 is 9.59 Å². The Morgan fingerprint density at radius 1 is 1.29 bits per heavy atom. The summed E-state index contributed by atoms with van der Waals surface area (Å²) in [5, 5.41) is 10.1. The number of nitrogens with one attached hydrogen (secondary N) is 3. The molecule has 2 amide bonds. The van der Waals surface area contributed by atoms with Crippen LogP contribution in [-0.2, 0) is 10.3 Å². The van der Waals surface area contributed by atoms with E-state index in [1.54, 1.807) is 6.20 Å². The first-order chi connectivity index (χ1) is 13.6. The number of hydrogen-bond donors (Lipinski definition) is 3. The molecule has 1 atom stereocenters. The molecular formula is C20H26N6O2. The molecule has 148 valence electrons. The predicted molar refractivity (Wildman–Crippen MR) is 105 cm³/mol. The van der Waals surface area contributed by atoms with Crippen molar-refractivity contribution in [1.82, 2.24) is 25.2 Å². The van der Waals surface area contributed by atoms with E-state index in [2.05, 4.69) is 30.5 Å². The molecular weight excluding hydrogens is 356 g/mol. The summed E-state index contributed by atoms with van der Waals surface area (Å²) in [7, 11) is 0. The molecule has 1 saturated carbocycles. The molecule has 8 nitrogen and oxygen atoms in total. The standard InChI is InChI=1S/C20H26N6O2/c27-16(10-14-5-4-8-21-14)24-19-22-11-13-9-15-18(28)23-12-20(6-2-1-3-7-20)26(15)17(13)25-19/h9,11,14,21H,1-8,10,12H2,(H,23,28)(H,22,24,25,27)/t14-/m1/s1. The summed E-state index contributed by atoms with van der Waals surface area (Å²) >= 11 is 0. The van der Waals surface area contributed by atoms with Crippen molar-refractivity contribution >= 4 is 28.8 Å². The average Bonchev–Trinajstić information content (AvgIpc) is 3.34. The molecule has 3 aliphatic rings. The Labute approximate surface area is 163 Å². The van der Waals surface area contributed by atoms with E-state index in [0.29, 0.717) is 24.6 Å². The third kappa shape index (κ3) is 2.96. The molecule has 2 aliphatic heterocycles. The molecule has 0 unspecified atom stereocenters. The minimum Gasteiger partial charge on any atom is -0.348 e. The number of nitrogens with zero attached hydrogens (tertiary/aromatic N) is 3. The fourth-order valence-corrected chi connectivity index (χ4v) is 5.05. The van der Waals surface area contributed by atoms with Gasteiger partial charge in [0.1, 0.15) is 11.3 Å². The normalized spacial score (nSPS) is 23.6. The summed E-state index contributed by atoms with van der Waals surface area (Å²) in [6.45, 7) is 1.61. The largest absolute Gasteiger partial charge is 0.348 e. The van der Waals surface area contributed by atoms with Crippen molar-refractivity contribution in [1.29, 1.82) is 0 Å². The number of hydrogen-bond acceptors (Lipinski definition) is 5. The van der Waals surface area contributed by atoms with Gasteiger partial charge in [0.05, 0.1) is 5.54 Å². The minimum atomic E-state index is -0.118. The number of anilines is 1. The van der Waals surface area contributed by atoms with Crippen LogP contribution in [0.5, 0.6) is 0 Å². The van der Waals surface area contributed by atoms with Gasteiger partial charge in [0.2, 0.25) is 11.9 Å². The van der Waals surface area contributed by atoms with Gasteiger partial charge >= 0.3 is 0 Å². The average molecular weight is 382 g/mol. The third-order valence-corrected chi connectivity index (χ3v) is 6.46. The predicted octanol–water partition coefficient (Wildman–Crippen LogP) is 1.91. The molecule has 8 heteroatoms. The van der Waals surface area contributed by atoms with Gasteiger partial charge in [-0.3, -0.25) is 14.9 Å². The summed E-state index contributed by atoms with van der Waals surface area (Å²) in [6, 6.07) is 2.10. The maximum absolute atomic E-state index is 12.5. The lowest BCUT2D eigenvalue weighted by Gasteiger charge is -2.42. The van der Waals surface area contributed by atoms with Crippen LogP contribution in [0.2, 0.25) is 0 Å². The van der Waals surface area contributed by atoms with E-state index in [1.165, 1.54) is 6.42 Å². The highest BCUT2D eigenvalue weighted by Gasteiger charge is 2.41. The maximum Gasteiger partial charge on any atom is 0.268 e. The van der Waals surface area contributed by atoms with Crippen LogP contribution in [0.15, 0.2) is 12.3 Å². The van der Waals surface area contributed by atoms with Gasteiger partial charge in [-0.1, -0.05) is 19.3 Å². The van der Waals surface area contributed by atoms with Crippen molar-refractivity contribution in [3.05, 3.63) is 18.0 Å². The van der Waals surface area contributed by atoms with Crippen LogP contribution in [0.3, 0.4) is 0 Å². The zero-order chi connectivity index (χ0) is 19.1. The maximum atomic E-state index is 12.5. The number of carbonyl (C=O) groups excluding carboxylic acids is 2. The summed E-state index contributed by atoms with van der Waals surface area (Å²) < 4.78 is 2.12. The van der Waals surface area contributed by atoms with Gasteiger partial charge in [0, 0.05) is 30.6 Å². The van der Waals surface area contributed by atoms with E-state index in [9.17, 15) is 9.59 Å². The number of rotatable bonds is 3. The van der Waals surface area contributed by atoms with Gasteiger partial charge in [-0.05, 0) is 38.3 Å². The molecule has 2 aromatic heterocycles. The first-order valence-corrected chi connectivity index (χ1v) is 10.4. The van der Waals surface area contributed by atoms with Gasteiger partial charge in [0.15, 0.2) is 0 Å². The molecule has 1 spiro atoms. The monoisotopic (exact) mass is 382 g/mol. The Morgan fingerprint density at radius 2 is 2.14 bits per heavy atom. The van der Waals surface area contributed by atoms with Crippen LogP contribution in [-0.4, -0.2) is 45.5 Å². The van der Waals surface area contributed by atoms with Crippen molar-refractivity contribution in [2.75, 3.05) is 18.4 Å². The molecule has 0 radical (unpaired) electrons. The van der Waals surface area contributed by atoms with Gasteiger partial charge in [-0.25, -0.2) is 4.98 Å². The molecule has 4 heterocycles. The van der Waals surface area contributed by atoms with Gasteiger partial charge in [0.25, 0.3) is 5.91 Å². The first-order valence-electron chi connectivity index (χ1n) is 10.4. The topological polar surface area (TPSA) is 101 Å². The lowest BCUT2D eigenvalue weighted by molar-refractivity contribution is -0.116. The minimum absolute atomic E-state index is 0.0629. The van der Waals surface area contributed by atoms with Crippen molar-refractivity contribution in [2.24, 2.45) is 0 Å². The van der Waals surface area contributed by atoms with E-state index < -0.39 is 0 Å². The Bertz CT molecular complexity index is 924. The van der Waals surface area contributed by atoms with Crippen molar-refractivity contribution in [2.45, 2.75) is 62.9 Å². The zero-order valence-corrected chi connectivity index (χ0v) is 16.0. The molecule has 1 saturated heterocycles. The molecule has 2 aromatic rings. The van der Waals surface area contributed by atoms with Crippen LogP contribution < -0.4 is 16.0 Å². The number of amides is 2. The fourth-order valence-electron chi connectivity index (χ4n) is 5.05. The molecule has 28 heavy (non-hydrogen) atoms.